The van der Waals surface area contributed by atoms with E-state index in [4.69, 9.17) is 4.74 Å². The maximum Gasteiger partial charge on any atom is 0.128 e. The lowest BCUT2D eigenvalue weighted by Gasteiger charge is -2.08. The van der Waals surface area contributed by atoms with Crippen LogP contribution < -0.4 is 4.74 Å². The van der Waals surface area contributed by atoms with Gasteiger partial charge in [-0.15, -0.1) is 0 Å². The fourth-order valence-electron chi connectivity index (χ4n) is 1.97. The number of methoxy groups -OCH3 is 1. The maximum atomic E-state index is 5.35. The second-order valence-electron chi connectivity index (χ2n) is 4.58. The lowest BCUT2D eigenvalue weighted by Crippen LogP contribution is -1.99. The first kappa shape index (κ1) is 11.1. The zero-order chi connectivity index (χ0) is 11.5. The van der Waals surface area contributed by atoms with Gasteiger partial charge >= 0.3 is 0 Å². The fraction of sp³-hybridized carbons (Fsp3) is 0.429. The summed E-state index contributed by atoms with van der Waals surface area (Å²) in [5.74, 6) is 1.70. The number of nitrogens with zero attached hydrogens (tertiary/aromatic N) is 1. The molecule has 0 unspecified atom stereocenters. The maximum absolute atomic E-state index is 5.35. The highest BCUT2D eigenvalue weighted by Crippen LogP contribution is 2.26. The van der Waals surface area contributed by atoms with Crippen molar-refractivity contribution in [3.63, 3.8) is 0 Å². The van der Waals surface area contributed by atoms with Gasteiger partial charge in [0.25, 0.3) is 0 Å². The van der Waals surface area contributed by atoms with Gasteiger partial charge in [-0.2, -0.15) is 0 Å². The molecular weight excluding hydrogens is 198 g/mol. The molecule has 0 fully saturated rings. The molecule has 1 aromatic heterocycles. The van der Waals surface area contributed by atoms with E-state index < -0.39 is 0 Å². The van der Waals surface area contributed by atoms with Crippen molar-refractivity contribution in [3.05, 3.63) is 30.5 Å². The molecule has 1 aromatic carbocycles. The van der Waals surface area contributed by atoms with Crippen molar-refractivity contribution in [1.29, 1.82) is 0 Å². The summed E-state index contributed by atoms with van der Waals surface area (Å²) in [7, 11) is 1.72. The van der Waals surface area contributed by atoms with Gasteiger partial charge < -0.3 is 9.30 Å². The van der Waals surface area contributed by atoms with Crippen LogP contribution in [0.15, 0.2) is 30.5 Å². The van der Waals surface area contributed by atoms with Crippen molar-refractivity contribution in [2.45, 2.75) is 26.8 Å². The van der Waals surface area contributed by atoms with Crippen LogP contribution in [0, 0.1) is 5.92 Å². The van der Waals surface area contributed by atoms with E-state index in [-0.39, 0.29) is 0 Å². The third-order valence-electron chi connectivity index (χ3n) is 2.94. The zero-order valence-electron chi connectivity index (χ0n) is 10.2. The van der Waals surface area contributed by atoms with Gasteiger partial charge in [-0.3, -0.25) is 0 Å². The second-order valence-corrected chi connectivity index (χ2v) is 4.58. The minimum absolute atomic E-state index is 0.739. The standard InChI is InChI=1S/C14H19NO/c1-11(2)7-9-15-10-8-12-13(15)5-4-6-14(12)16-3/h4-6,8,10-11H,7,9H2,1-3H3. The van der Waals surface area contributed by atoms with Crippen LogP contribution in [0.2, 0.25) is 0 Å². The summed E-state index contributed by atoms with van der Waals surface area (Å²) in [6.45, 7) is 5.59. The molecule has 0 N–H and O–H groups in total. The molecule has 0 radical (unpaired) electrons. The van der Waals surface area contributed by atoms with Crippen molar-refractivity contribution in [2.24, 2.45) is 5.92 Å². The Bertz CT molecular complexity index is 471. The quantitative estimate of drug-likeness (QED) is 0.761. The molecule has 1 heterocycles. The average Bonchev–Trinajstić information content (AvgIpc) is 2.69. The molecule has 0 saturated carbocycles. The molecule has 2 rings (SSSR count). The Kier molecular flexibility index (Phi) is 3.18. The van der Waals surface area contributed by atoms with Crippen molar-refractivity contribution < 1.29 is 4.74 Å². The zero-order valence-corrected chi connectivity index (χ0v) is 10.2. The van der Waals surface area contributed by atoms with Gasteiger partial charge in [0.15, 0.2) is 0 Å². The third-order valence-corrected chi connectivity index (χ3v) is 2.94. The second kappa shape index (κ2) is 4.60. The number of aromatic nitrogens is 1. The minimum Gasteiger partial charge on any atom is -0.496 e. The smallest absolute Gasteiger partial charge is 0.128 e. The number of rotatable bonds is 4. The molecule has 2 heteroatoms. The van der Waals surface area contributed by atoms with Gasteiger partial charge in [-0.25, -0.2) is 0 Å². The number of hydrogen-bond acceptors (Lipinski definition) is 1. The molecule has 0 bridgehead atoms. The molecule has 0 saturated heterocycles. The molecular formula is C14H19NO. The van der Waals surface area contributed by atoms with Gasteiger partial charge in [0.1, 0.15) is 5.75 Å². The van der Waals surface area contributed by atoms with E-state index in [0.29, 0.717) is 0 Å². The van der Waals surface area contributed by atoms with Crippen LogP contribution in [0.4, 0.5) is 0 Å². The van der Waals surface area contributed by atoms with E-state index in [1.54, 1.807) is 7.11 Å². The Morgan fingerprint density at radius 2 is 2.06 bits per heavy atom. The number of benzene rings is 1. The van der Waals surface area contributed by atoms with E-state index in [2.05, 4.69) is 36.7 Å². The Morgan fingerprint density at radius 1 is 1.25 bits per heavy atom. The lowest BCUT2D eigenvalue weighted by atomic mass is 10.1. The van der Waals surface area contributed by atoms with Gasteiger partial charge in [-0.1, -0.05) is 19.9 Å². The SMILES string of the molecule is COc1cccc2c1ccn2CCC(C)C. The molecule has 0 aliphatic heterocycles. The Balaban J connectivity index is 2.34. The third kappa shape index (κ3) is 2.06. The lowest BCUT2D eigenvalue weighted by molar-refractivity contribution is 0.420. The first-order valence-electron chi connectivity index (χ1n) is 5.84. The topological polar surface area (TPSA) is 14.2 Å². The Labute approximate surface area is 96.8 Å². The molecule has 0 aliphatic rings. The molecule has 0 spiro atoms. The highest BCUT2D eigenvalue weighted by atomic mass is 16.5. The van der Waals surface area contributed by atoms with Crippen LogP contribution in [0.25, 0.3) is 10.9 Å². The van der Waals surface area contributed by atoms with Crippen LogP contribution in [0.5, 0.6) is 5.75 Å². The van der Waals surface area contributed by atoms with Crippen molar-refractivity contribution in [3.8, 4) is 5.75 Å². The van der Waals surface area contributed by atoms with Crippen LogP contribution in [-0.2, 0) is 6.54 Å². The minimum atomic E-state index is 0.739. The van der Waals surface area contributed by atoms with E-state index in [1.807, 2.05) is 12.1 Å². The summed E-state index contributed by atoms with van der Waals surface area (Å²) < 4.78 is 7.66. The summed E-state index contributed by atoms with van der Waals surface area (Å²) in [5.41, 5.74) is 1.26. The Hall–Kier alpha value is -1.44. The summed E-state index contributed by atoms with van der Waals surface area (Å²) in [5, 5.41) is 1.20. The number of fused-ring (bicyclic) bond motifs is 1. The monoisotopic (exact) mass is 217 g/mol. The van der Waals surface area contributed by atoms with Crippen LogP contribution in [0.3, 0.4) is 0 Å². The summed E-state index contributed by atoms with van der Waals surface area (Å²) in [6.07, 6.45) is 3.36. The van der Waals surface area contributed by atoms with Crippen LogP contribution in [0.1, 0.15) is 20.3 Å². The van der Waals surface area contributed by atoms with E-state index in [1.165, 1.54) is 17.3 Å². The first-order valence-corrected chi connectivity index (χ1v) is 5.84. The van der Waals surface area contributed by atoms with E-state index in [9.17, 15) is 0 Å². The van der Waals surface area contributed by atoms with Crippen LogP contribution in [-0.4, -0.2) is 11.7 Å². The highest BCUT2D eigenvalue weighted by Gasteiger charge is 2.05. The normalized spacial score (nSPS) is 11.2. The average molecular weight is 217 g/mol. The highest BCUT2D eigenvalue weighted by molar-refractivity contribution is 5.86. The van der Waals surface area contributed by atoms with E-state index in [0.717, 1.165) is 18.2 Å². The fourth-order valence-corrected chi connectivity index (χ4v) is 1.97. The number of hydrogen-bond donors (Lipinski definition) is 0. The van der Waals surface area contributed by atoms with Gasteiger partial charge in [0.05, 0.1) is 12.6 Å². The van der Waals surface area contributed by atoms with E-state index >= 15 is 0 Å². The summed E-state index contributed by atoms with van der Waals surface area (Å²) in [6, 6.07) is 8.34. The molecule has 16 heavy (non-hydrogen) atoms. The Morgan fingerprint density at radius 3 is 2.75 bits per heavy atom. The van der Waals surface area contributed by atoms with Crippen molar-refractivity contribution >= 4 is 10.9 Å². The largest absolute Gasteiger partial charge is 0.496 e. The number of aryl methyl sites for hydroxylation is 1. The molecule has 86 valence electrons. The first-order chi connectivity index (χ1) is 7.72. The van der Waals surface area contributed by atoms with Crippen molar-refractivity contribution in [2.75, 3.05) is 7.11 Å². The molecule has 2 aromatic rings. The van der Waals surface area contributed by atoms with Crippen molar-refractivity contribution in [1.82, 2.24) is 4.57 Å². The van der Waals surface area contributed by atoms with Gasteiger partial charge in [-0.05, 0) is 30.5 Å². The molecule has 0 atom stereocenters. The van der Waals surface area contributed by atoms with Crippen LogP contribution >= 0.6 is 0 Å². The van der Waals surface area contributed by atoms with Gasteiger partial charge in [0, 0.05) is 18.1 Å². The number of ether oxygens (including phenoxy) is 1. The predicted octanol–water partition coefficient (Wildman–Crippen LogP) is 3.70. The summed E-state index contributed by atoms with van der Waals surface area (Å²) >= 11 is 0. The summed E-state index contributed by atoms with van der Waals surface area (Å²) in [4.78, 5) is 0. The molecule has 0 amide bonds. The predicted molar refractivity (Wildman–Crippen MR) is 67.9 cm³/mol. The molecule has 2 nitrogen and oxygen atoms in total. The molecule has 0 aliphatic carbocycles. The van der Waals surface area contributed by atoms with Gasteiger partial charge in [0.2, 0.25) is 0 Å².